The molecule has 1 heterocycles. The maximum atomic E-state index is 11.8. The molecule has 3 N–H and O–H groups in total. The smallest absolute Gasteiger partial charge is 0.269 e. The Labute approximate surface area is 103 Å². The van der Waals surface area contributed by atoms with E-state index in [1.807, 2.05) is 24.3 Å². The Balaban J connectivity index is 2.24. The van der Waals surface area contributed by atoms with Gasteiger partial charge in [0.1, 0.15) is 0 Å². The van der Waals surface area contributed by atoms with Crippen molar-refractivity contribution in [2.45, 2.75) is 19.4 Å². The van der Waals surface area contributed by atoms with Gasteiger partial charge < -0.3 is 4.57 Å². The molecular formula is C12H14N4O2. The Hall–Kier alpha value is -2.21. The van der Waals surface area contributed by atoms with E-state index in [4.69, 9.17) is 5.84 Å². The van der Waals surface area contributed by atoms with E-state index in [1.54, 1.807) is 4.57 Å². The Morgan fingerprint density at radius 2 is 2.17 bits per heavy atom. The van der Waals surface area contributed by atoms with E-state index in [-0.39, 0.29) is 11.5 Å². The number of amides is 1. The molecule has 0 saturated carbocycles. The summed E-state index contributed by atoms with van der Waals surface area (Å²) < 4.78 is 1.62. The lowest BCUT2D eigenvalue weighted by Crippen LogP contribution is -2.30. The van der Waals surface area contributed by atoms with E-state index in [9.17, 15) is 9.59 Å². The van der Waals surface area contributed by atoms with Crippen LogP contribution in [-0.4, -0.2) is 15.5 Å². The lowest BCUT2D eigenvalue weighted by atomic mass is 10.2. The number of carbonyl (C=O) groups is 1. The van der Waals surface area contributed by atoms with E-state index < -0.39 is 0 Å². The van der Waals surface area contributed by atoms with Crippen molar-refractivity contribution in [2.75, 3.05) is 0 Å². The van der Waals surface area contributed by atoms with Gasteiger partial charge in [-0.2, -0.15) is 0 Å². The molecule has 94 valence electrons. The second kappa shape index (κ2) is 5.42. The average Bonchev–Trinajstić information content (AvgIpc) is 2.41. The fourth-order valence-corrected chi connectivity index (χ4v) is 1.82. The van der Waals surface area contributed by atoms with Gasteiger partial charge in [0.15, 0.2) is 0 Å². The largest absolute Gasteiger partial charge is 0.305 e. The molecule has 6 nitrogen and oxygen atoms in total. The Morgan fingerprint density at radius 3 is 2.94 bits per heavy atom. The van der Waals surface area contributed by atoms with Gasteiger partial charge in [-0.05, 0) is 18.6 Å². The monoisotopic (exact) mass is 246 g/mol. The summed E-state index contributed by atoms with van der Waals surface area (Å²) in [4.78, 5) is 26.8. The topological polar surface area (TPSA) is 90.0 Å². The molecule has 0 aliphatic heterocycles. The summed E-state index contributed by atoms with van der Waals surface area (Å²) in [6.07, 6.45) is 2.14. The zero-order valence-electron chi connectivity index (χ0n) is 9.80. The van der Waals surface area contributed by atoms with Crippen LogP contribution >= 0.6 is 0 Å². The van der Waals surface area contributed by atoms with E-state index in [2.05, 4.69) is 10.4 Å². The maximum Gasteiger partial charge on any atom is 0.269 e. The Kier molecular flexibility index (Phi) is 3.69. The predicted octanol–water partition coefficient (Wildman–Crippen LogP) is 0.167. The van der Waals surface area contributed by atoms with Gasteiger partial charge in [0, 0.05) is 13.0 Å². The number of benzene rings is 1. The van der Waals surface area contributed by atoms with Gasteiger partial charge in [-0.1, -0.05) is 12.1 Å². The van der Waals surface area contributed by atoms with Crippen molar-refractivity contribution in [3.8, 4) is 0 Å². The SMILES string of the molecule is NNC(=O)CCCn1c(=O)cnc2ccccc21. The maximum absolute atomic E-state index is 11.8. The summed E-state index contributed by atoms with van der Waals surface area (Å²) in [6.45, 7) is 0.468. The molecule has 0 saturated heterocycles. The quantitative estimate of drug-likeness (QED) is 0.457. The standard InChI is InChI=1S/C12H14N4O2/c13-15-11(17)6-3-7-16-10-5-2-1-4-9(10)14-8-12(16)18/h1-2,4-5,8H,3,6-7,13H2,(H,15,17). The molecule has 0 bridgehead atoms. The first-order valence-electron chi connectivity index (χ1n) is 5.66. The number of hydrogen-bond donors (Lipinski definition) is 2. The third-order valence-electron chi connectivity index (χ3n) is 2.70. The molecule has 1 aromatic carbocycles. The van der Waals surface area contributed by atoms with Crippen molar-refractivity contribution < 1.29 is 4.79 Å². The molecule has 1 amide bonds. The van der Waals surface area contributed by atoms with Crippen LogP contribution in [0.15, 0.2) is 35.3 Å². The van der Waals surface area contributed by atoms with Gasteiger partial charge in [0.25, 0.3) is 5.56 Å². The van der Waals surface area contributed by atoms with Gasteiger partial charge in [-0.15, -0.1) is 0 Å². The van der Waals surface area contributed by atoms with Crippen LogP contribution in [0.4, 0.5) is 0 Å². The highest BCUT2D eigenvalue weighted by Gasteiger charge is 2.04. The summed E-state index contributed by atoms with van der Waals surface area (Å²) in [7, 11) is 0. The number of nitrogens with two attached hydrogens (primary N) is 1. The molecule has 2 rings (SSSR count). The minimum Gasteiger partial charge on any atom is -0.305 e. The van der Waals surface area contributed by atoms with E-state index in [1.165, 1.54) is 6.20 Å². The number of carbonyl (C=O) groups excluding carboxylic acids is 1. The summed E-state index contributed by atoms with van der Waals surface area (Å²) in [5, 5.41) is 0. The van der Waals surface area contributed by atoms with Gasteiger partial charge in [0.2, 0.25) is 5.91 Å². The third kappa shape index (κ3) is 2.54. The van der Waals surface area contributed by atoms with Gasteiger partial charge in [-0.25, -0.2) is 10.8 Å². The number of rotatable bonds is 4. The number of nitrogens with one attached hydrogen (secondary N) is 1. The molecule has 0 fully saturated rings. The van der Waals surface area contributed by atoms with Crippen molar-refractivity contribution in [2.24, 2.45) is 5.84 Å². The lowest BCUT2D eigenvalue weighted by molar-refractivity contribution is -0.121. The number of para-hydroxylation sites is 2. The number of aromatic nitrogens is 2. The minimum atomic E-state index is -0.235. The molecule has 2 aromatic rings. The van der Waals surface area contributed by atoms with Crippen LogP contribution in [0.5, 0.6) is 0 Å². The van der Waals surface area contributed by atoms with Crippen molar-refractivity contribution in [3.63, 3.8) is 0 Å². The zero-order chi connectivity index (χ0) is 13.0. The number of hydrogen-bond acceptors (Lipinski definition) is 4. The molecule has 18 heavy (non-hydrogen) atoms. The van der Waals surface area contributed by atoms with E-state index in [0.29, 0.717) is 19.4 Å². The summed E-state index contributed by atoms with van der Waals surface area (Å²) >= 11 is 0. The van der Waals surface area contributed by atoms with Crippen LogP contribution in [-0.2, 0) is 11.3 Å². The van der Waals surface area contributed by atoms with Crippen molar-refractivity contribution in [3.05, 3.63) is 40.8 Å². The highest BCUT2D eigenvalue weighted by Crippen LogP contribution is 2.08. The Bertz CT molecular complexity index is 621. The van der Waals surface area contributed by atoms with Crippen molar-refractivity contribution >= 4 is 16.9 Å². The van der Waals surface area contributed by atoms with Crippen LogP contribution in [0.2, 0.25) is 0 Å². The second-order valence-corrected chi connectivity index (χ2v) is 3.91. The molecule has 0 unspecified atom stereocenters. The average molecular weight is 246 g/mol. The highest BCUT2D eigenvalue weighted by molar-refractivity contribution is 5.75. The van der Waals surface area contributed by atoms with E-state index in [0.717, 1.165) is 11.0 Å². The molecule has 0 spiro atoms. The molecule has 0 atom stereocenters. The molecule has 6 heteroatoms. The summed E-state index contributed by atoms with van der Waals surface area (Å²) in [6, 6.07) is 7.41. The first-order chi connectivity index (χ1) is 8.72. The molecular weight excluding hydrogens is 232 g/mol. The molecule has 0 aliphatic rings. The van der Waals surface area contributed by atoms with Crippen LogP contribution in [0.3, 0.4) is 0 Å². The van der Waals surface area contributed by atoms with Gasteiger partial charge in [-0.3, -0.25) is 15.0 Å². The van der Waals surface area contributed by atoms with Crippen LogP contribution < -0.4 is 16.8 Å². The number of fused-ring (bicyclic) bond motifs is 1. The fourth-order valence-electron chi connectivity index (χ4n) is 1.82. The number of aryl methyl sites for hydroxylation is 1. The molecule has 0 aliphatic carbocycles. The highest BCUT2D eigenvalue weighted by atomic mass is 16.2. The van der Waals surface area contributed by atoms with Crippen molar-refractivity contribution in [1.82, 2.24) is 15.0 Å². The second-order valence-electron chi connectivity index (χ2n) is 3.91. The normalized spacial score (nSPS) is 10.5. The third-order valence-corrected chi connectivity index (χ3v) is 2.70. The van der Waals surface area contributed by atoms with Crippen LogP contribution in [0, 0.1) is 0 Å². The van der Waals surface area contributed by atoms with E-state index >= 15 is 0 Å². The van der Waals surface area contributed by atoms with Crippen LogP contribution in [0.25, 0.3) is 11.0 Å². The lowest BCUT2D eigenvalue weighted by Gasteiger charge is -2.08. The fraction of sp³-hybridized carbons (Fsp3) is 0.250. The number of hydrazine groups is 1. The minimum absolute atomic E-state index is 0.165. The zero-order valence-corrected chi connectivity index (χ0v) is 9.80. The predicted molar refractivity (Wildman–Crippen MR) is 67.6 cm³/mol. The van der Waals surface area contributed by atoms with Crippen LogP contribution in [0.1, 0.15) is 12.8 Å². The van der Waals surface area contributed by atoms with Crippen molar-refractivity contribution in [1.29, 1.82) is 0 Å². The first kappa shape index (κ1) is 12.3. The molecule has 0 radical (unpaired) electrons. The molecule has 1 aromatic heterocycles. The summed E-state index contributed by atoms with van der Waals surface area (Å²) in [5.74, 6) is 4.76. The Morgan fingerprint density at radius 1 is 1.39 bits per heavy atom. The first-order valence-corrected chi connectivity index (χ1v) is 5.66. The van der Waals surface area contributed by atoms with Gasteiger partial charge in [0.05, 0.1) is 17.2 Å². The number of nitrogens with zero attached hydrogens (tertiary/aromatic N) is 2. The summed E-state index contributed by atoms with van der Waals surface area (Å²) in [5.41, 5.74) is 3.44. The van der Waals surface area contributed by atoms with Gasteiger partial charge >= 0.3 is 0 Å².